The highest BCUT2D eigenvalue weighted by atomic mass is 35.5. The first-order chi connectivity index (χ1) is 13.0. The molecule has 0 saturated heterocycles. The largest absolute Gasteiger partial charge is 0.323 e. The van der Waals surface area contributed by atoms with Gasteiger partial charge < -0.3 is 16.0 Å². The van der Waals surface area contributed by atoms with Gasteiger partial charge in [0.2, 0.25) is 0 Å². The van der Waals surface area contributed by atoms with Crippen molar-refractivity contribution in [2.75, 3.05) is 16.0 Å². The molecule has 3 rings (SSSR count). The Kier molecular flexibility index (Phi) is 5.74. The van der Waals surface area contributed by atoms with Gasteiger partial charge in [0.25, 0.3) is 5.91 Å². The predicted molar refractivity (Wildman–Crippen MR) is 110 cm³/mol. The molecule has 0 aromatic heterocycles. The van der Waals surface area contributed by atoms with Crippen molar-refractivity contribution in [1.29, 1.82) is 0 Å². The van der Waals surface area contributed by atoms with E-state index in [2.05, 4.69) is 16.0 Å². The quantitative estimate of drug-likeness (QED) is 0.556. The van der Waals surface area contributed by atoms with Crippen molar-refractivity contribution in [3.8, 4) is 0 Å². The molecule has 0 atom stereocenters. The monoisotopic (exact) mass is 379 g/mol. The summed E-state index contributed by atoms with van der Waals surface area (Å²) in [6, 6.07) is 20.7. The number of rotatable bonds is 4. The fourth-order valence-corrected chi connectivity index (χ4v) is 2.62. The molecule has 5 nitrogen and oxygen atoms in total. The van der Waals surface area contributed by atoms with Gasteiger partial charge in [-0.25, -0.2) is 4.79 Å². The van der Waals surface area contributed by atoms with E-state index in [1.54, 1.807) is 48.5 Å². The average molecular weight is 380 g/mol. The fraction of sp³-hybridized carbons (Fsp3) is 0.0476. The Morgan fingerprint density at radius 1 is 0.741 bits per heavy atom. The van der Waals surface area contributed by atoms with Crippen LogP contribution in [0.3, 0.4) is 0 Å². The van der Waals surface area contributed by atoms with Gasteiger partial charge >= 0.3 is 6.03 Å². The first kappa shape index (κ1) is 18.5. The second-order valence-electron chi connectivity index (χ2n) is 5.99. The number of hydrogen-bond donors (Lipinski definition) is 3. The van der Waals surface area contributed by atoms with Crippen LogP contribution in [0, 0.1) is 6.92 Å². The molecule has 27 heavy (non-hydrogen) atoms. The number of amides is 3. The predicted octanol–water partition coefficient (Wildman–Crippen LogP) is 5.54. The van der Waals surface area contributed by atoms with Crippen molar-refractivity contribution in [2.24, 2.45) is 0 Å². The summed E-state index contributed by atoms with van der Waals surface area (Å²) in [6.45, 7) is 1.96. The van der Waals surface area contributed by atoms with Gasteiger partial charge in [-0.05, 0) is 67.1 Å². The van der Waals surface area contributed by atoms with Crippen LogP contribution in [0.5, 0.6) is 0 Å². The van der Waals surface area contributed by atoms with Gasteiger partial charge in [0.1, 0.15) is 0 Å². The summed E-state index contributed by atoms with van der Waals surface area (Å²) in [6.07, 6.45) is 0. The Hall–Kier alpha value is -3.31. The second kappa shape index (κ2) is 8.38. The van der Waals surface area contributed by atoms with E-state index in [4.69, 9.17) is 11.6 Å². The van der Waals surface area contributed by atoms with Crippen LogP contribution in [-0.2, 0) is 0 Å². The van der Waals surface area contributed by atoms with E-state index in [1.807, 2.05) is 31.2 Å². The number of nitrogens with one attached hydrogen (secondary N) is 3. The maximum absolute atomic E-state index is 12.4. The van der Waals surface area contributed by atoms with E-state index >= 15 is 0 Å². The summed E-state index contributed by atoms with van der Waals surface area (Å²) in [5.41, 5.74) is 3.35. The number of carbonyl (C=O) groups excluding carboxylic acids is 2. The highest BCUT2D eigenvalue weighted by Crippen LogP contribution is 2.16. The van der Waals surface area contributed by atoms with Crippen molar-refractivity contribution in [3.05, 3.63) is 88.9 Å². The van der Waals surface area contributed by atoms with Gasteiger partial charge in [-0.3, -0.25) is 4.79 Å². The second-order valence-corrected chi connectivity index (χ2v) is 6.43. The molecule has 0 aliphatic carbocycles. The van der Waals surface area contributed by atoms with E-state index in [9.17, 15) is 9.59 Å². The first-order valence-corrected chi connectivity index (χ1v) is 8.69. The van der Waals surface area contributed by atoms with Gasteiger partial charge in [-0.2, -0.15) is 0 Å². The van der Waals surface area contributed by atoms with Crippen LogP contribution in [-0.4, -0.2) is 11.9 Å². The van der Waals surface area contributed by atoms with Crippen molar-refractivity contribution >= 4 is 40.6 Å². The maximum atomic E-state index is 12.4. The molecular formula is C21H18ClN3O2. The Morgan fingerprint density at radius 3 is 2.07 bits per heavy atom. The van der Waals surface area contributed by atoms with Crippen molar-refractivity contribution in [1.82, 2.24) is 0 Å². The average Bonchev–Trinajstić information content (AvgIpc) is 2.64. The SMILES string of the molecule is Cc1cccc(NC(=O)c2cccc(NC(=O)Nc3ccc(Cl)cc3)c2)c1. The molecule has 3 aromatic rings. The zero-order valence-electron chi connectivity index (χ0n) is 14.6. The summed E-state index contributed by atoms with van der Waals surface area (Å²) in [7, 11) is 0. The number of anilines is 3. The molecule has 0 unspecified atom stereocenters. The number of halogens is 1. The lowest BCUT2D eigenvalue weighted by Crippen LogP contribution is -2.20. The lowest BCUT2D eigenvalue weighted by atomic mass is 10.1. The highest BCUT2D eigenvalue weighted by Gasteiger charge is 2.09. The minimum absolute atomic E-state index is 0.248. The Morgan fingerprint density at radius 2 is 1.37 bits per heavy atom. The molecular weight excluding hydrogens is 362 g/mol. The summed E-state index contributed by atoms with van der Waals surface area (Å²) < 4.78 is 0. The minimum Gasteiger partial charge on any atom is -0.322 e. The van der Waals surface area contributed by atoms with Gasteiger partial charge in [-0.1, -0.05) is 29.8 Å². The third kappa shape index (κ3) is 5.33. The molecule has 3 N–H and O–H groups in total. The first-order valence-electron chi connectivity index (χ1n) is 8.31. The number of benzene rings is 3. The van der Waals surface area contributed by atoms with Gasteiger partial charge in [0, 0.05) is 27.6 Å². The van der Waals surface area contributed by atoms with Crippen LogP contribution in [0.15, 0.2) is 72.8 Å². The van der Waals surface area contributed by atoms with Crippen LogP contribution in [0.1, 0.15) is 15.9 Å². The maximum Gasteiger partial charge on any atom is 0.323 e. The minimum atomic E-state index is -0.409. The molecule has 3 aromatic carbocycles. The summed E-state index contributed by atoms with van der Waals surface area (Å²) >= 11 is 5.83. The molecule has 0 saturated carbocycles. The van der Waals surface area contributed by atoms with E-state index in [0.717, 1.165) is 11.3 Å². The molecule has 0 spiro atoms. The molecule has 0 aliphatic rings. The molecule has 0 aliphatic heterocycles. The topological polar surface area (TPSA) is 70.2 Å². The third-order valence-corrected chi connectivity index (χ3v) is 4.01. The summed E-state index contributed by atoms with van der Waals surface area (Å²) in [5, 5.41) is 8.85. The molecule has 6 heteroatoms. The molecule has 0 heterocycles. The van der Waals surface area contributed by atoms with Gasteiger partial charge in [0.05, 0.1) is 0 Å². The van der Waals surface area contributed by atoms with Crippen LogP contribution in [0.4, 0.5) is 21.9 Å². The van der Waals surface area contributed by atoms with Crippen LogP contribution in [0.2, 0.25) is 5.02 Å². The van der Waals surface area contributed by atoms with Crippen LogP contribution >= 0.6 is 11.6 Å². The molecule has 0 bridgehead atoms. The Bertz CT molecular complexity index is 971. The normalized spacial score (nSPS) is 10.1. The molecule has 136 valence electrons. The number of carbonyl (C=O) groups is 2. The zero-order chi connectivity index (χ0) is 19.2. The van der Waals surface area contributed by atoms with Gasteiger partial charge in [0.15, 0.2) is 0 Å². The van der Waals surface area contributed by atoms with Crippen molar-refractivity contribution in [2.45, 2.75) is 6.92 Å². The van der Waals surface area contributed by atoms with Crippen LogP contribution in [0.25, 0.3) is 0 Å². The lowest BCUT2D eigenvalue weighted by Gasteiger charge is -2.10. The summed E-state index contributed by atoms with van der Waals surface area (Å²) in [4.78, 5) is 24.6. The molecule has 3 amide bonds. The Labute approximate surface area is 162 Å². The standard InChI is InChI=1S/C21H18ClN3O2/c1-14-4-2-6-18(12-14)23-20(26)15-5-3-7-19(13-15)25-21(27)24-17-10-8-16(22)9-11-17/h2-13H,1H3,(H,23,26)(H2,24,25,27). The van der Waals surface area contributed by atoms with E-state index in [-0.39, 0.29) is 5.91 Å². The highest BCUT2D eigenvalue weighted by molar-refractivity contribution is 6.30. The van der Waals surface area contributed by atoms with Crippen molar-refractivity contribution in [3.63, 3.8) is 0 Å². The van der Waals surface area contributed by atoms with Crippen molar-refractivity contribution < 1.29 is 9.59 Å². The number of aryl methyl sites for hydroxylation is 1. The molecule has 0 fully saturated rings. The zero-order valence-corrected chi connectivity index (χ0v) is 15.4. The van der Waals surface area contributed by atoms with E-state index in [1.165, 1.54) is 0 Å². The van der Waals surface area contributed by atoms with E-state index < -0.39 is 6.03 Å². The lowest BCUT2D eigenvalue weighted by molar-refractivity contribution is 0.102. The number of urea groups is 1. The third-order valence-electron chi connectivity index (χ3n) is 3.76. The number of hydrogen-bond acceptors (Lipinski definition) is 2. The van der Waals surface area contributed by atoms with E-state index in [0.29, 0.717) is 22.0 Å². The Balaban J connectivity index is 1.65. The summed E-state index contributed by atoms with van der Waals surface area (Å²) in [5.74, 6) is -0.248. The van der Waals surface area contributed by atoms with Crippen LogP contribution < -0.4 is 16.0 Å². The smallest absolute Gasteiger partial charge is 0.322 e. The molecule has 0 radical (unpaired) electrons. The van der Waals surface area contributed by atoms with Gasteiger partial charge in [-0.15, -0.1) is 0 Å². The fourth-order valence-electron chi connectivity index (χ4n) is 2.49.